The number of carbonyl (C=O) groups excluding carboxylic acids is 1. The molecule has 26 heavy (non-hydrogen) atoms. The van der Waals surface area contributed by atoms with Crippen molar-refractivity contribution >= 4 is 11.6 Å². The van der Waals surface area contributed by atoms with Gasteiger partial charge in [-0.25, -0.2) is 9.07 Å². The standard InChI is InChI=1S/C20H20FN3O2/c1-4-26-17-8-5-15(6-9-17)20(25)22-16-7-10-19(18(21)12-16)24-14(3)11-13(2)23-24/h5-12H,4H2,1-3H3,(H,22,25). The predicted molar refractivity (Wildman–Crippen MR) is 98.6 cm³/mol. The van der Waals surface area contributed by atoms with Crippen molar-refractivity contribution in [1.29, 1.82) is 0 Å². The summed E-state index contributed by atoms with van der Waals surface area (Å²) in [5.41, 5.74) is 2.85. The molecule has 1 N–H and O–H groups in total. The van der Waals surface area contributed by atoms with Crippen molar-refractivity contribution in [2.45, 2.75) is 20.8 Å². The van der Waals surface area contributed by atoms with Crippen LogP contribution in [0.25, 0.3) is 5.69 Å². The van der Waals surface area contributed by atoms with Gasteiger partial charge in [0.15, 0.2) is 5.82 Å². The zero-order valence-electron chi connectivity index (χ0n) is 14.9. The Kier molecular flexibility index (Phi) is 5.02. The van der Waals surface area contributed by atoms with E-state index in [1.165, 1.54) is 6.07 Å². The molecule has 0 saturated heterocycles. The number of hydrogen-bond acceptors (Lipinski definition) is 3. The van der Waals surface area contributed by atoms with Gasteiger partial charge >= 0.3 is 0 Å². The molecule has 0 spiro atoms. The number of nitrogens with one attached hydrogen (secondary N) is 1. The molecule has 1 heterocycles. The van der Waals surface area contributed by atoms with E-state index in [0.29, 0.717) is 29.3 Å². The van der Waals surface area contributed by atoms with Crippen LogP contribution in [0.5, 0.6) is 5.75 Å². The van der Waals surface area contributed by atoms with Gasteiger partial charge in [-0.05, 0) is 69.3 Å². The average Bonchev–Trinajstić information content (AvgIpc) is 2.94. The predicted octanol–water partition coefficient (Wildman–Crippen LogP) is 4.28. The van der Waals surface area contributed by atoms with Gasteiger partial charge < -0.3 is 10.1 Å². The van der Waals surface area contributed by atoms with E-state index < -0.39 is 5.82 Å². The van der Waals surface area contributed by atoms with Gasteiger partial charge in [-0.3, -0.25) is 4.79 Å². The minimum absolute atomic E-state index is 0.314. The molecule has 0 radical (unpaired) electrons. The second-order valence-corrected chi connectivity index (χ2v) is 5.92. The highest BCUT2D eigenvalue weighted by Gasteiger charge is 2.12. The van der Waals surface area contributed by atoms with Crippen LogP contribution in [0.4, 0.5) is 10.1 Å². The Morgan fingerprint density at radius 1 is 1.15 bits per heavy atom. The third kappa shape index (κ3) is 3.74. The number of hydrogen-bond donors (Lipinski definition) is 1. The molecule has 134 valence electrons. The lowest BCUT2D eigenvalue weighted by Gasteiger charge is -2.10. The molecule has 1 amide bonds. The first kappa shape index (κ1) is 17.7. The summed E-state index contributed by atoms with van der Waals surface area (Å²) in [4.78, 5) is 12.3. The van der Waals surface area contributed by atoms with Gasteiger partial charge in [0.1, 0.15) is 11.4 Å². The highest BCUT2D eigenvalue weighted by Crippen LogP contribution is 2.21. The summed E-state index contributed by atoms with van der Waals surface area (Å²) in [7, 11) is 0. The number of halogens is 1. The summed E-state index contributed by atoms with van der Waals surface area (Å²) in [6.45, 7) is 6.17. The number of amides is 1. The molecule has 0 aliphatic heterocycles. The maximum Gasteiger partial charge on any atom is 0.255 e. The third-order valence-corrected chi connectivity index (χ3v) is 3.87. The van der Waals surface area contributed by atoms with Crippen molar-refractivity contribution in [3.8, 4) is 11.4 Å². The van der Waals surface area contributed by atoms with Crippen LogP contribution in [0.3, 0.4) is 0 Å². The molecule has 0 atom stereocenters. The SMILES string of the molecule is CCOc1ccc(C(=O)Nc2ccc(-n3nc(C)cc3C)c(F)c2)cc1. The van der Waals surface area contributed by atoms with E-state index in [0.717, 1.165) is 11.4 Å². The lowest BCUT2D eigenvalue weighted by atomic mass is 10.2. The minimum atomic E-state index is -0.458. The first-order valence-electron chi connectivity index (χ1n) is 8.35. The van der Waals surface area contributed by atoms with Gasteiger partial charge in [-0.1, -0.05) is 0 Å². The second kappa shape index (κ2) is 7.39. The average molecular weight is 353 g/mol. The molecule has 3 rings (SSSR count). The summed E-state index contributed by atoms with van der Waals surface area (Å²) in [5.74, 6) is -0.0728. The Labute approximate surface area is 151 Å². The number of aryl methyl sites for hydroxylation is 2. The highest BCUT2D eigenvalue weighted by molar-refractivity contribution is 6.04. The molecule has 2 aromatic carbocycles. The van der Waals surface area contributed by atoms with Crippen LogP contribution >= 0.6 is 0 Å². The van der Waals surface area contributed by atoms with E-state index in [9.17, 15) is 9.18 Å². The van der Waals surface area contributed by atoms with Crippen molar-refractivity contribution < 1.29 is 13.9 Å². The van der Waals surface area contributed by atoms with Gasteiger partial charge in [-0.15, -0.1) is 0 Å². The van der Waals surface area contributed by atoms with E-state index in [2.05, 4.69) is 10.4 Å². The minimum Gasteiger partial charge on any atom is -0.494 e. The number of carbonyl (C=O) groups is 1. The topological polar surface area (TPSA) is 56.1 Å². The van der Waals surface area contributed by atoms with E-state index in [1.807, 2.05) is 26.8 Å². The molecular weight excluding hydrogens is 333 g/mol. The van der Waals surface area contributed by atoms with E-state index in [-0.39, 0.29) is 5.91 Å². The Morgan fingerprint density at radius 2 is 1.88 bits per heavy atom. The van der Waals surface area contributed by atoms with Crippen molar-refractivity contribution in [2.24, 2.45) is 0 Å². The fraction of sp³-hybridized carbons (Fsp3) is 0.200. The highest BCUT2D eigenvalue weighted by atomic mass is 19.1. The zero-order valence-corrected chi connectivity index (χ0v) is 14.9. The fourth-order valence-corrected chi connectivity index (χ4v) is 2.70. The summed E-state index contributed by atoms with van der Waals surface area (Å²) >= 11 is 0. The molecule has 0 aliphatic carbocycles. The van der Waals surface area contributed by atoms with Crippen molar-refractivity contribution in [2.75, 3.05) is 11.9 Å². The molecule has 1 aromatic heterocycles. The molecule has 5 nitrogen and oxygen atoms in total. The zero-order chi connectivity index (χ0) is 18.7. The quantitative estimate of drug-likeness (QED) is 0.745. The monoisotopic (exact) mass is 353 g/mol. The summed E-state index contributed by atoms with van der Waals surface area (Å²) in [5, 5.41) is 6.98. The summed E-state index contributed by atoms with van der Waals surface area (Å²) < 4.78 is 21.4. The molecule has 6 heteroatoms. The van der Waals surface area contributed by atoms with Gasteiger partial charge in [0, 0.05) is 16.9 Å². The van der Waals surface area contributed by atoms with Crippen LogP contribution in [-0.2, 0) is 0 Å². The maximum atomic E-state index is 14.5. The van der Waals surface area contributed by atoms with Crippen LogP contribution in [-0.4, -0.2) is 22.3 Å². The lowest BCUT2D eigenvalue weighted by Crippen LogP contribution is -2.12. The van der Waals surface area contributed by atoms with Crippen molar-refractivity contribution in [3.63, 3.8) is 0 Å². The first-order chi connectivity index (χ1) is 12.5. The number of rotatable bonds is 5. The Balaban J connectivity index is 1.77. The van der Waals surface area contributed by atoms with Gasteiger partial charge in [-0.2, -0.15) is 5.10 Å². The molecule has 0 saturated carbocycles. The molecule has 0 fully saturated rings. The van der Waals surface area contributed by atoms with E-state index >= 15 is 0 Å². The Bertz CT molecular complexity index is 933. The smallest absolute Gasteiger partial charge is 0.255 e. The van der Waals surface area contributed by atoms with Crippen LogP contribution < -0.4 is 10.1 Å². The van der Waals surface area contributed by atoms with E-state index in [4.69, 9.17) is 4.74 Å². The molecule has 0 bridgehead atoms. The molecule has 0 aliphatic rings. The maximum absolute atomic E-state index is 14.5. The fourth-order valence-electron chi connectivity index (χ4n) is 2.70. The van der Waals surface area contributed by atoms with E-state index in [1.54, 1.807) is 41.1 Å². The normalized spacial score (nSPS) is 10.6. The van der Waals surface area contributed by atoms with Crippen LogP contribution in [0.1, 0.15) is 28.7 Å². The largest absolute Gasteiger partial charge is 0.494 e. The number of nitrogens with zero attached hydrogens (tertiary/aromatic N) is 2. The number of anilines is 1. The lowest BCUT2D eigenvalue weighted by molar-refractivity contribution is 0.102. The van der Waals surface area contributed by atoms with Crippen LogP contribution in [0.15, 0.2) is 48.5 Å². The van der Waals surface area contributed by atoms with Gasteiger partial charge in [0.25, 0.3) is 5.91 Å². The van der Waals surface area contributed by atoms with Crippen LogP contribution in [0.2, 0.25) is 0 Å². The van der Waals surface area contributed by atoms with Gasteiger partial charge in [0.2, 0.25) is 0 Å². The summed E-state index contributed by atoms with van der Waals surface area (Å²) in [6, 6.07) is 13.2. The molecule has 3 aromatic rings. The first-order valence-corrected chi connectivity index (χ1v) is 8.35. The van der Waals surface area contributed by atoms with Crippen molar-refractivity contribution in [1.82, 2.24) is 9.78 Å². The van der Waals surface area contributed by atoms with Crippen molar-refractivity contribution in [3.05, 3.63) is 71.3 Å². The third-order valence-electron chi connectivity index (χ3n) is 3.87. The molecular formula is C20H20FN3O2. The Morgan fingerprint density at radius 3 is 2.46 bits per heavy atom. The Hall–Kier alpha value is -3.15. The number of ether oxygens (including phenoxy) is 1. The second-order valence-electron chi connectivity index (χ2n) is 5.92. The van der Waals surface area contributed by atoms with Crippen LogP contribution in [0, 0.1) is 19.7 Å². The molecule has 0 unspecified atom stereocenters. The summed E-state index contributed by atoms with van der Waals surface area (Å²) in [6.07, 6.45) is 0. The van der Waals surface area contributed by atoms with Gasteiger partial charge in [0.05, 0.1) is 12.3 Å². The number of benzene rings is 2. The number of aromatic nitrogens is 2.